The van der Waals surface area contributed by atoms with Crippen molar-refractivity contribution >= 4 is 16.7 Å². The Morgan fingerprint density at radius 2 is 1.91 bits per heavy atom. The van der Waals surface area contributed by atoms with E-state index >= 15 is 0 Å². The fourth-order valence-electron chi connectivity index (χ4n) is 3.25. The monoisotopic (exact) mass is 294 g/mol. The maximum absolute atomic E-state index is 4.52. The van der Waals surface area contributed by atoms with Crippen LogP contribution in [0.25, 0.3) is 10.9 Å². The molecule has 1 aliphatic heterocycles. The molecule has 0 aliphatic carbocycles. The van der Waals surface area contributed by atoms with Crippen molar-refractivity contribution in [1.29, 1.82) is 0 Å². The fourth-order valence-corrected chi connectivity index (χ4v) is 3.25. The van der Waals surface area contributed by atoms with Gasteiger partial charge in [0.2, 0.25) is 0 Å². The number of fused-ring (bicyclic) bond motifs is 1. The van der Waals surface area contributed by atoms with E-state index in [9.17, 15) is 0 Å². The van der Waals surface area contributed by atoms with Gasteiger partial charge in [-0.15, -0.1) is 10.2 Å². The maximum atomic E-state index is 4.52. The summed E-state index contributed by atoms with van der Waals surface area (Å²) >= 11 is 0. The standard InChI is InChI=1S/C16H18N6/c1-21-11-19-20-15(21)12-6-8-22(9-7-12)16-13-4-2-3-5-14(13)17-10-18-16/h2-5,10-12H,6-9H2,1H3. The molecule has 0 atom stereocenters. The smallest absolute Gasteiger partial charge is 0.139 e. The van der Waals surface area contributed by atoms with E-state index in [4.69, 9.17) is 0 Å². The van der Waals surface area contributed by atoms with Crippen LogP contribution >= 0.6 is 0 Å². The summed E-state index contributed by atoms with van der Waals surface area (Å²) < 4.78 is 2.03. The molecular formula is C16H18N6. The van der Waals surface area contributed by atoms with Crippen molar-refractivity contribution in [2.45, 2.75) is 18.8 Å². The van der Waals surface area contributed by atoms with Crippen LogP contribution in [0.2, 0.25) is 0 Å². The molecule has 0 bridgehead atoms. The SMILES string of the molecule is Cn1cnnc1C1CCN(c2ncnc3ccccc23)CC1. The molecule has 0 amide bonds. The molecule has 1 aliphatic rings. The van der Waals surface area contributed by atoms with E-state index in [2.05, 4.69) is 31.1 Å². The molecule has 6 nitrogen and oxygen atoms in total. The normalized spacial score (nSPS) is 16.3. The number of anilines is 1. The molecule has 0 radical (unpaired) electrons. The number of hydrogen-bond acceptors (Lipinski definition) is 5. The van der Waals surface area contributed by atoms with Gasteiger partial charge in [0.1, 0.15) is 24.3 Å². The number of aryl methyl sites for hydroxylation is 1. The summed E-state index contributed by atoms with van der Waals surface area (Å²) in [5, 5.41) is 9.38. The first kappa shape index (κ1) is 13.2. The Balaban J connectivity index is 1.57. The lowest BCUT2D eigenvalue weighted by atomic mass is 9.95. The van der Waals surface area contributed by atoms with Crippen molar-refractivity contribution in [3.05, 3.63) is 42.7 Å². The Labute approximate surface area is 128 Å². The van der Waals surface area contributed by atoms with Gasteiger partial charge in [-0.25, -0.2) is 9.97 Å². The molecule has 0 saturated carbocycles. The highest BCUT2D eigenvalue weighted by atomic mass is 15.3. The van der Waals surface area contributed by atoms with Crippen molar-refractivity contribution in [3.8, 4) is 0 Å². The van der Waals surface area contributed by atoms with Crippen molar-refractivity contribution < 1.29 is 0 Å². The molecule has 1 saturated heterocycles. The van der Waals surface area contributed by atoms with Crippen LogP contribution in [0.1, 0.15) is 24.6 Å². The fraction of sp³-hybridized carbons (Fsp3) is 0.375. The van der Waals surface area contributed by atoms with E-state index < -0.39 is 0 Å². The van der Waals surface area contributed by atoms with Crippen molar-refractivity contribution in [2.75, 3.05) is 18.0 Å². The van der Waals surface area contributed by atoms with Gasteiger partial charge in [-0.2, -0.15) is 0 Å². The lowest BCUT2D eigenvalue weighted by molar-refractivity contribution is 0.472. The number of piperidine rings is 1. The van der Waals surface area contributed by atoms with Gasteiger partial charge in [-0.05, 0) is 25.0 Å². The second kappa shape index (κ2) is 5.36. The van der Waals surface area contributed by atoms with Gasteiger partial charge >= 0.3 is 0 Å². The zero-order valence-electron chi connectivity index (χ0n) is 12.6. The van der Waals surface area contributed by atoms with Gasteiger partial charge in [0.25, 0.3) is 0 Å². The van der Waals surface area contributed by atoms with Gasteiger partial charge < -0.3 is 9.47 Å². The molecule has 22 heavy (non-hydrogen) atoms. The molecular weight excluding hydrogens is 276 g/mol. The van der Waals surface area contributed by atoms with Crippen LogP contribution in [0, 0.1) is 0 Å². The highest BCUT2D eigenvalue weighted by Gasteiger charge is 2.25. The Bertz CT molecular complexity index is 783. The van der Waals surface area contributed by atoms with Gasteiger partial charge in [-0.3, -0.25) is 0 Å². The molecule has 0 N–H and O–H groups in total. The minimum atomic E-state index is 0.483. The molecule has 6 heteroatoms. The molecule has 3 heterocycles. The zero-order chi connectivity index (χ0) is 14.9. The minimum absolute atomic E-state index is 0.483. The summed E-state index contributed by atoms with van der Waals surface area (Å²) in [6, 6.07) is 8.19. The van der Waals surface area contributed by atoms with E-state index in [1.165, 1.54) is 0 Å². The molecule has 0 spiro atoms. The van der Waals surface area contributed by atoms with Crippen LogP contribution in [-0.4, -0.2) is 37.8 Å². The Morgan fingerprint density at radius 3 is 2.68 bits per heavy atom. The van der Waals surface area contributed by atoms with Crippen molar-refractivity contribution in [2.24, 2.45) is 7.05 Å². The van der Waals surface area contributed by atoms with Crippen LogP contribution in [0.4, 0.5) is 5.82 Å². The number of para-hydroxylation sites is 1. The molecule has 1 aromatic carbocycles. The van der Waals surface area contributed by atoms with Crippen LogP contribution in [0.5, 0.6) is 0 Å². The number of hydrogen-bond donors (Lipinski definition) is 0. The quantitative estimate of drug-likeness (QED) is 0.724. The Kier molecular flexibility index (Phi) is 3.21. The summed E-state index contributed by atoms with van der Waals surface area (Å²) in [4.78, 5) is 11.2. The Hall–Kier alpha value is -2.50. The summed E-state index contributed by atoms with van der Waals surface area (Å²) in [7, 11) is 2.01. The summed E-state index contributed by atoms with van der Waals surface area (Å²) in [5.74, 6) is 2.62. The summed E-state index contributed by atoms with van der Waals surface area (Å²) in [6.07, 6.45) is 5.59. The van der Waals surface area contributed by atoms with E-state index in [1.807, 2.05) is 29.8 Å². The highest BCUT2D eigenvalue weighted by Crippen LogP contribution is 2.30. The third-order valence-corrected chi connectivity index (χ3v) is 4.43. The van der Waals surface area contributed by atoms with Crippen LogP contribution < -0.4 is 4.90 Å². The lowest BCUT2D eigenvalue weighted by Crippen LogP contribution is -2.34. The second-order valence-electron chi connectivity index (χ2n) is 5.78. The van der Waals surface area contributed by atoms with Crippen LogP contribution in [0.3, 0.4) is 0 Å². The predicted molar refractivity (Wildman–Crippen MR) is 84.7 cm³/mol. The number of benzene rings is 1. The lowest BCUT2D eigenvalue weighted by Gasteiger charge is -2.32. The molecule has 0 unspecified atom stereocenters. The molecule has 1 fully saturated rings. The maximum Gasteiger partial charge on any atom is 0.139 e. The molecule has 112 valence electrons. The topological polar surface area (TPSA) is 59.7 Å². The minimum Gasteiger partial charge on any atom is -0.356 e. The molecule has 2 aromatic heterocycles. The highest BCUT2D eigenvalue weighted by molar-refractivity contribution is 5.89. The van der Waals surface area contributed by atoms with Crippen molar-refractivity contribution in [1.82, 2.24) is 24.7 Å². The van der Waals surface area contributed by atoms with Crippen LogP contribution in [0.15, 0.2) is 36.9 Å². The van der Waals surface area contributed by atoms with E-state index in [0.717, 1.165) is 48.5 Å². The van der Waals surface area contributed by atoms with Crippen LogP contribution in [-0.2, 0) is 7.05 Å². The molecule has 3 aromatic rings. The van der Waals surface area contributed by atoms with E-state index in [-0.39, 0.29) is 0 Å². The second-order valence-corrected chi connectivity index (χ2v) is 5.78. The zero-order valence-corrected chi connectivity index (χ0v) is 12.6. The third-order valence-electron chi connectivity index (χ3n) is 4.43. The van der Waals surface area contributed by atoms with Gasteiger partial charge in [0.15, 0.2) is 0 Å². The number of nitrogens with zero attached hydrogens (tertiary/aromatic N) is 6. The van der Waals surface area contributed by atoms with Gasteiger partial charge in [0, 0.05) is 31.4 Å². The van der Waals surface area contributed by atoms with E-state index in [0.29, 0.717) is 5.92 Å². The average Bonchev–Trinajstić information content (AvgIpc) is 3.01. The van der Waals surface area contributed by atoms with Gasteiger partial charge in [-0.1, -0.05) is 12.1 Å². The van der Waals surface area contributed by atoms with E-state index in [1.54, 1.807) is 12.7 Å². The van der Waals surface area contributed by atoms with Crippen molar-refractivity contribution in [3.63, 3.8) is 0 Å². The Morgan fingerprint density at radius 1 is 1.09 bits per heavy atom. The first-order chi connectivity index (χ1) is 10.8. The molecule has 4 rings (SSSR count). The largest absolute Gasteiger partial charge is 0.356 e. The first-order valence-corrected chi connectivity index (χ1v) is 7.61. The summed E-state index contributed by atoms with van der Waals surface area (Å²) in [6.45, 7) is 1.97. The predicted octanol–water partition coefficient (Wildman–Crippen LogP) is 2.14. The number of aromatic nitrogens is 5. The number of rotatable bonds is 2. The third kappa shape index (κ3) is 2.20. The average molecular weight is 294 g/mol. The summed E-state index contributed by atoms with van der Waals surface area (Å²) in [5.41, 5.74) is 1.00. The van der Waals surface area contributed by atoms with Gasteiger partial charge in [0.05, 0.1) is 5.52 Å². The first-order valence-electron chi connectivity index (χ1n) is 7.61.